The Hall–Kier alpha value is -1.92. The van der Waals surface area contributed by atoms with Gasteiger partial charge in [0.25, 0.3) is 0 Å². The fourth-order valence-electron chi connectivity index (χ4n) is 3.84. The second-order valence-corrected chi connectivity index (χ2v) is 8.34. The van der Waals surface area contributed by atoms with Crippen molar-refractivity contribution in [2.45, 2.75) is 58.3 Å². The molecule has 1 amide bonds. The number of likely N-dealkylation sites (tertiary alicyclic amines) is 1. The largest absolute Gasteiger partial charge is 0.347 e. The second kappa shape index (κ2) is 8.85. The van der Waals surface area contributed by atoms with Crippen molar-refractivity contribution in [1.82, 2.24) is 19.9 Å². The van der Waals surface area contributed by atoms with Crippen molar-refractivity contribution in [3.8, 4) is 0 Å². The Morgan fingerprint density at radius 1 is 0.963 bits per heavy atom. The van der Waals surface area contributed by atoms with Gasteiger partial charge in [-0.1, -0.05) is 26.7 Å². The molecule has 0 spiro atoms. The van der Waals surface area contributed by atoms with Gasteiger partial charge in [0, 0.05) is 52.1 Å². The predicted molar refractivity (Wildman–Crippen MR) is 108 cm³/mol. The van der Waals surface area contributed by atoms with Gasteiger partial charge in [0.1, 0.15) is 5.82 Å². The van der Waals surface area contributed by atoms with Gasteiger partial charge in [0.15, 0.2) is 0 Å². The number of carbonyl (C=O) groups is 1. The van der Waals surface area contributed by atoms with E-state index in [1.54, 1.807) is 0 Å². The molecule has 2 aliphatic heterocycles. The van der Waals surface area contributed by atoms with Crippen molar-refractivity contribution in [1.29, 1.82) is 0 Å². The highest BCUT2D eigenvalue weighted by Gasteiger charge is 2.30. The number of anilines is 2. The monoisotopic (exact) mass is 374 g/mol. The highest BCUT2D eigenvalue weighted by atomic mass is 16.2. The van der Waals surface area contributed by atoms with Crippen LogP contribution in [0.4, 0.5) is 11.9 Å². The number of aromatic nitrogens is 3. The fraction of sp³-hybridized carbons (Fsp3) is 0.800. The summed E-state index contributed by atoms with van der Waals surface area (Å²) in [5.74, 6) is 3.05. The summed E-state index contributed by atoms with van der Waals surface area (Å²) in [5.41, 5.74) is 0. The maximum Gasteiger partial charge on any atom is 0.230 e. The first-order chi connectivity index (χ1) is 13.0. The van der Waals surface area contributed by atoms with E-state index in [0.29, 0.717) is 11.9 Å². The minimum atomic E-state index is 0.152. The molecule has 2 fully saturated rings. The summed E-state index contributed by atoms with van der Waals surface area (Å²) >= 11 is 0. The van der Waals surface area contributed by atoms with E-state index in [2.05, 4.69) is 33.6 Å². The average Bonchev–Trinajstić information content (AvgIpc) is 2.96. The number of rotatable bonds is 4. The van der Waals surface area contributed by atoms with E-state index in [1.165, 1.54) is 12.8 Å². The number of carbonyl (C=O) groups excluding carboxylic acids is 1. The molecule has 2 saturated heterocycles. The molecule has 1 aromatic rings. The average molecular weight is 375 g/mol. The molecule has 3 rings (SSSR count). The van der Waals surface area contributed by atoms with Gasteiger partial charge in [-0.05, 0) is 25.7 Å². The van der Waals surface area contributed by atoms with Crippen molar-refractivity contribution in [3.05, 3.63) is 5.82 Å². The molecule has 0 unspecified atom stereocenters. The molecule has 0 radical (unpaired) electrons. The van der Waals surface area contributed by atoms with Crippen LogP contribution < -0.4 is 9.80 Å². The summed E-state index contributed by atoms with van der Waals surface area (Å²) in [6.07, 6.45) is 6.59. The first kappa shape index (κ1) is 19.8. The molecule has 150 valence electrons. The Morgan fingerprint density at radius 3 is 2.15 bits per heavy atom. The third-order valence-electron chi connectivity index (χ3n) is 5.59. The van der Waals surface area contributed by atoms with Gasteiger partial charge in [-0.2, -0.15) is 15.0 Å². The van der Waals surface area contributed by atoms with E-state index < -0.39 is 0 Å². The van der Waals surface area contributed by atoms with Crippen molar-refractivity contribution < 1.29 is 4.79 Å². The van der Waals surface area contributed by atoms with E-state index in [-0.39, 0.29) is 11.8 Å². The highest BCUT2D eigenvalue weighted by molar-refractivity contribution is 5.79. The number of piperidine rings is 1. The lowest BCUT2D eigenvalue weighted by molar-refractivity contribution is -0.136. The van der Waals surface area contributed by atoms with Gasteiger partial charge in [0.2, 0.25) is 17.8 Å². The van der Waals surface area contributed by atoms with Crippen LogP contribution >= 0.6 is 0 Å². The molecule has 0 bridgehead atoms. The smallest absolute Gasteiger partial charge is 0.230 e. The Bertz CT molecular complexity index is 605. The number of nitrogens with zero attached hydrogens (tertiary/aromatic N) is 6. The lowest BCUT2D eigenvalue weighted by Crippen LogP contribution is -2.43. The molecule has 0 N–H and O–H groups in total. The number of amides is 1. The molecule has 7 heteroatoms. The van der Waals surface area contributed by atoms with Crippen molar-refractivity contribution in [2.75, 3.05) is 50.1 Å². The van der Waals surface area contributed by atoms with Crippen molar-refractivity contribution in [3.63, 3.8) is 0 Å². The van der Waals surface area contributed by atoms with Crippen LogP contribution in [0.1, 0.15) is 64.1 Å². The highest BCUT2D eigenvalue weighted by Crippen LogP contribution is 2.25. The molecule has 27 heavy (non-hydrogen) atoms. The standard InChI is InChI=1S/C20H34N6O/c1-15(2)17-21-19(24(3)4)23-20(22-17)26-13-9-16(10-14-26)18(27)25-11-7-5-6-8-12-25/h15-16H,5-14H2,1-4H3. The summed E-state index contributed by atoms with van der Waals surface area (Å²) in [6, 6.07) is 0. The third kappa shape index (κ3) is 4.87. The van der Waals surface area contributed by atoms with E-state index in [1.807, 2.05) is 19.0 Å². The van der Waals surface area contributed by atoms with Crippen molar-refractivity contribution >= 4 is 17.8 Å². The molecule has 0 atom stereocenters. The summed E-state index contributed by atoms with van der Waals surface area (Å²) in [5, 5.41) is 0. The number of hydrogen-bond donors (Lipinski definition) is 0. The fourth-order valence-corrected chi connectivity index (χ4v) is 3.84. The first-order valence-electron chi connectivity index (χ1n) is 10.4. The van der Waals surface area contributed by atoms with Crippen LogP contribution in [0.2, 0.25) is 0 Å². The van der Waals surface area contributed by atoms with Crippen LogP contribution in [-0.2, 0) is 4.79 Å². The molecule has 2 aliphatic rings. The van der Waals surface area contributed by atoms with Crippen LogP contribution in [0.3, 0.4) is 0 Å². The lowest BCUT2D eigenvalue weighted by Gasteiger charge is -2.34. The molecule has 0 aromatic carbocycles. The summed E-state index contributed by atoms with van der Waals surface area (Å²) in [4.78, 5) is 33.0. The summed E-state index contributed by atoms with van der Waals surface area (Å²) in [7, 11) is 3.91. The van der Waals surface area contributed by atoms with Gasteiger partial charge in [-0.3, -0.25) is 4.79 Å². The molecule has 1 aromatic heterocycles. The van der Waals surface area contributed by atoms with E-state index in [0.717, 1.165) is 63.6 Å². The van der Waals surface area contributed by atoms with Gasteiger partial charge in [0.05, 0.1) is 0 Å². The number of hydrogen-bond acceptors (Lipinski definition) is 6. The predicted octanol–water partition coefficient (Wildman–Crippen LogP) is 2.68. The van der Waals surface area contributed by atoms with Crippen LogP contribution in [0, 0.1) is 5.92 Å². The van der Waals surface area contributed by atoms with Gasteiger partial charge < -0.3 is 14.7 Å². The maximum atomic E-state index is 12.9. The second-order valence-electron chi connectivity index (χ2n) is 8.34. The SMILES string of the molecule is CC(C)c1nc(N(C)C)nc(N2CCC(C(=O)N3CCCCCC3)CC2)n1. The maximum absolute atomic E-state index is 12.9. The molecule has 0 saturated carbocycles. The molecular weight excluding hydrogens is 340 g/mol. The minimum Gasteiger partial charge on any atom is -0.347 e. The Balaban J connectivity index is 1.65. The molecule has 7 nitrogen and oxygen atoms in total. The van der Waals surface area contributed by atoms with E-state index in [9.17, 15) is 4.79 Å². The van der Waals surface area contributed by atoms with Gasteiger partial charge >= 0.3 is 0 Å². The normalized spacial score (nSPS) is 19.3. The zero-order chi connectivity index (χ0) is 19.4. The molecule has 3 heterocycles. The van der Waals surface area contributed by atoms with E-state index >= 15 is 0 Å². The summed E-state index contributed by atoms with van der Waals surface area (Å²) in [6.45, 7) is 7.75. The molecular formula is C20H34N6O. The van der Waals surface area contributed by atoms with Crippen LogP contribution in [0.25, 0.3) is 0 Å². The van der Waals surface area contributed by atoms with Gasteiger partial charge in [-0.15, -0.1) is 0 Å². The van der Waals surface area contributed by atoms with Crippen molar-refractivity contribution in [2.24, 2.45) is 5.92 Å². The Kier molecular flexibility index (Phi) is 6.50. The molecule has 0 aliphatic carbocycles. The summed E-state index contributed by atoms with van der Waals surface area (Å²) < 4.78 is 0. The lowest BCUT2D eigenvalue weighted by atomic mass is 9.95. The first-order valence-corrected chi connectivity index (χ1v) is 10.4. The zero-order valence-corrected chi connectivity index (χ0v) is 17.3. The van der Waals surface area contributed by atoms with Crippen LogP contribution in [0.5, 0.6) is 0 Å². The minimum absolute atomic E-state index is 0.152. The quantitative estimate of drug-likeness (QED) is 0.807. The van der Waals surface area contributed by atoms with E-state index in [4.69, 9.17) is 4.98 Å². The van der Waals surface area contributed by atoms with Crippen LogP contribution in [-0.4, -0.2) is 66.0 Å². The zero-order valence-electron chi connectivity index (χ0n) is 17.3. The van der Waals surface area contributed by atoms with Crippen LogP contribution in [0.15, 0.2) is 0 Å². The van der Waals surface area contributed by atoms with Gasteiger partial charge in [-0.25, -0.2) is 0 Å². The Labute approximate surface area is 163 Å². The Morgan fingerprint density at radius 2 is 1.59 bits per heavy atom. The third-order valence-corrected chi connectivity index (χ3v) is 5.59. The topological polar surface area (TPSA) is 65.5 Å².